The maximum atomic E-state index is 2.47. The van der Waals surface area contributed by atoms with Crippen LogP contribution in [-0.4, -0.2) is 8.07 Å². The van der Waals surface area contributed by atoms with Gasteiger partial charge >= 0.3 is 0 Å². The molecule has 0 radical (unpaired) electrons. The van der Waals surface area contributed by atoms with Gasteiger partial charge in [-0.25, -0.2) is 0 Å². The van der Waals surface area contributed by atoms with E-state index in [0.717, 1.165) is 0 Å². The first-order chi connectivity index (χ1) is 6.70. The molecule has 1 heteroatoms. The van der Waals surface area contributed by atoms with Gasteiger partial charge in [-0.15, -0.1) is 0 Å². The largest absolute Gasteiger partial charge is 0.0939 e. The van der Waals surface area contributed by atoms with Crippen molar-refractivity contribution in [1.29, 1.82) is 0 Å². The summed E-state index contributed by atoms with van der Waals surface area (Å²) < 4.78 is 0. The SMILES string of the molecule is CC[Si](C)(/C=C/c1ccccc1)CC. The molecule has 0 N–H and O–H groups in total. The van der Waals surface area contributed by atoms with Crippen molar-refractivity contribution in [3.05, 3.63) is 41.6 Å². The highest BCUT2D eigenvalue weighted by molar-refractivity contribution is 6.83. The molecule has 0 fully saturated rings. The summed E-state index contributed by atoms with van der Waals surface area (Å²) in [5.41, 5.74) is 3.80. The molecule has 0 aliphatic heterocycles. The average Bonchev–Trinajstić information content (AvgIpc) is 2.27. The van der Waals surface area contributed by atoms with Crippen LogP contribution in [0.3, 0.4) is 0 Å². The van der Waals surface area contributed by atoms with E-state index in [2.05, 4.69) is 62.5 Å². The van der Waals surface area contributed by atoms with Crippen LogP contribution >= 0.6 is 0 Å². The lowest BCUT2D eigenvalue weighted by molar-refractivity contribution is 1.27. The standard InChI is InChI=1S/C13H20Si/c1-4-14(3,5-2)12-11-13-9-7-6-8-10-13/h6-12H,4-5H2,1-3H3/b12-11+. The van der Waals surface area contributed by atoms with Crippen molar-refractivity contribution in [1.82, 2.24) is 0 Å². The Hall–Kier alpha value is -0.823. The fourth-order valence-electron chi connectivity index (χ4n) is 1.35. The predicted molar refractivity (Wildman–Crippen MR) is 68.1 cm³/mol. The molecule has 0 heterocycles. The van der Waals surface area contributed by atoms with E-state index in [9.17, 15) is 0 Å². The zero-order valence-electron chi connectivity index (χ0n) is 9.46. The highest BCUT2D eigenvalue weighted by atomic mass is 28.3. The summed E-state index contributed by atoms with van der Waals surface area (Å²) in [5.74, 6) is 0. The van der Waals surface area contributed by atoms with Gasteiger partial charge in [-0.1, -0.05) is 74.6 Å². The number of hydrogen-bond donors (Lipinski definition) is 0. The van der Waals surface area contributed by atoms with Crippen molar-refractivity contribution in [2.24, 2.45) is 0 Å². The molecule has 0 atom stereocenters. The van der Waals surface area contributed by atoms with Gasteiger partial charge in [0.1, 0.15) is 0 Å². The molecule has 0 aliphatic carbocycles. The van der Waals surface area contributed by atoms with Crippen LogP contribution in [0.2, 0.25) is 18.6 Å². The number of rotatable bonds is 4. The lowest BCUT2D eigenvalue weighted by Gasteiger charge is -2.18. The van der Waals surface area contributed by atoms with E-state index in [1.54, 1.807) is 0 Å². The first-order valence-corrected chi connectivity index (χ1v) is 8.43. The van der Waals surface area contributed by atoms with Gasteiger partial charge in [0.25, 0.3) is 0 Å². The Balaban J connectivity index is 2.72. The van der Waals surface area contributed by atoms with Crippen molar-refractivity contribution < 1.29 is 0 Å². The lowest BCUT2D eigenvalue weighted by atomic mass is 10.2. The van der Waals surface area contributed by atoms with Crippen molar-refractivity contribution >= 4 is 14.1 Å². The van der Waals surface area contributed by atoms with Gasteiger partial charge in [-0.05, 0) is 5.56 Å². The minimum Gasteiger partial charge on any atom is -0.0939 e. The normalized spacial score (nSPS) is 12.2. The zero-order valence-corrected chi connectivity index (χ0v) is 10.5. The summed E-state index contributed by atoms with van der Waals surface area (Å²) in [6.45, 7) is 7.07. The van der Waals surface area contributed by atoms with Gasteiger partial charge in [-0.2, -0.15) is 0 Å². The topological polar surface area (TPSA) is 0 Å². The third-order valence-electron chi connectivity index (χ3n) is 3.09. The Labute approximate surface area is 88.7 Å². The molecule has 1 rings (SSSR count). The maximum Gasteiger partial charge on any atom is 0.0742 e. The fraction of sp³-hybridized carbons (Fsp3) is 0.385. The third-order valence-corrected chi connectivity index (χ3v) is 7.30. The van der Waals surface area contributed by atoms with Crippen LogP contribution in [0, 0.1) is 0 Å². The molecule has 14 heavy (non-hydrogen) atoms. The summed E-state index contributed by atoms with van der Waals surface area (Å²) in [4.78, 5) is 0. The quantitative estimate of drug-likeness (QED) is 0.639. The van der Waals surface area contributed by atoms with Crippen LogP contribution in [0.25, 0.3) is 6.08 Å². The first-order valence-electron chi connectivity index (χ1n) is 5.44. The number of hydrogen-bond acceptors (Lipinski definition) is 0. The summed E-state index contributed by atoms with van der Waals surface area (Å²) in [6, 6.07) is 13.3. The average molecular weight is 204 g/mol. The van der Waals surface area contributed by atoms with E-state index in [1.165, 1.54) is 17.7 Å². The van der Waals surface area contributed by atoms with E-state index in [-0.39, 0.29) is 0 Å². The monoisotopic (exact) mass is 204 g/mol. The minimum atomic E-state index is -1.06. The summed E-state index contributed by atoms with van der Waals surface area (Å²) in [5, 5.41) is 0. The van der Waals surface area contributed by atoms with Gasteiger partial charge in [-0.3, -0.25) is 0 Å². The van der Waals surface area contributed by atoms with Gasteiger partial charge in [0.15, 0.2) is 0 Å². The van der Waals surface area contributed by atoms with Crippen LogP contribution in [0.15, 0.2) is 36.0 Å². The Morgan fingerprint density at radius 1 is 1.07 bits per heavy atom. The molecule has 0 bridgehead atoms. The van der Waals surface area contributed by atoms with E-state index in [1.807, 2.05) is 0 Å². The molecule has 0 saturated carbocycles. The molecule has 0 saturated heterocycles. The lowest BCUT2D eigenvalue weighted by Crippen LogP contribution is -2.24. The second-order valence-electron chi connectivity index (χ2n) is 4.11. The Bertz CT molecular complexity index is 283. The third kappa shape index (κ3) is 3.15. The van der Waals surface area contributed by atoms with Crippen LogP contribution in [0.5, 0.6) is 0 Å². The van der Waals surface area contributed by atoms with E-state index in [4.69, 9.17) is 0 Å². The summed E-state index contributed by atoms with van der Waals surface area (Å²) >= 11 is 0. The van der Waals surface area contributed by atoms with Gasteiger partial charge < -0.3 is 0 Å². The van der Waals surface area contributed by atoms with Crippen molar-refractivity contribution in [3.8, 4) is 0 Å². The molecule has 76 valence electrons. The summed E-state index contributed by atoms with van der Waals surface area (Å²) in [6.07, 6.45) is 2.29. The van der Waals surface area contributed by atoms with Crippen molar-refractivity contribution in [3.63, 3.8) is 0 Å². The molecule has 1 aromatic carbocycles. The Kier molecular flexibility index (Phi) is 4.14. The molecule has 0 amide bonds. The zero-order chi connectivity index (χ0) is 10.4. The second kappa shape index (κ2) is 5.16. The van der Waals surface area contributed by atoms with Gasteiger partial charge in [0, 0.05) is 0 Å². The highest BCUT2D eigenvalue weighted by Gasteiger charge is 2.17. The van der Waals surface area contributed by atoms with Crippen molar-refractivity contribution in [2.75, 3.05) is 0 Å². The Morgan fingerprint density at radius 3 is 2.14 bits per heavy atom. The molecule has 0 unspecified atom stereocenters. The molecule has 1 aromatic rings. The van der Waals surface area contributed by atoms with Crippen LogP contribution in [-0.2, 0) is 0 Å². The minimum absolute atomic E-state index is 1.06. The predicted octanol–water partition coefficient (Wildman–Crippen LogP) is 4.36. The number of benzene rings is 1. The van der Waals surface area contributed by atoms with Crippen LogP contribution in [0.4, 0.5) is 0 Å². The highest BCUT2D eigenvalue weighted by Crippen LogP contribution is 2.17. The first kappa shape index (κ1) is 11.3. The molecule has 0 nitrogen and oxygen atoms in total. The van der Waals surface area contributed by atoms with E-state index >= 15 is 0 Å². The Morgan fingerprint density at radius 2 is 1.64 bits per heavy atom. The fourth-order valence-corrected chi connectivity index (χ4v) is 2.91. The maximum absolute atomic E-state index is 2.47. The molecule has 0 aromatic heterocycles. The molecule has 0 spiro atoms. The van der Waals surface area contributed by atoms with Crippen LogP contribution in [0.1, 0.15) is 19.4 Å². The van der Waals surface area contributed by atoms with Crippen molar-refractivity contribution in [2.45, 2.75) is 32.5 Å². The molecular weight excluding hydrogens is 184 g/mol. The van der Waals surface area contributed by atoms with E-state index in [0.29, 0.717) is 0 Å². The molecular formula is C13H20Si. The van der Waals surface area contributed by atoms with E-state index < -0.39 is 8.07 Å². The summed E-state index contributed by atoms with van der Waals surface area (Å²) in [7, 11) is -1.06. The smallest absolute Gasteiger partial charge is 0.0742 e. The van der Waals surface area contributed by atoms with Crippen LogP contribution < -0.4 is 0 Å². The second-order valence-corrected chi connectivity index (χ2v) is 9.16. The van der Waals surface area contributed by atoms with Gasteiger partial charge in [0.2, 0.25) is 0 Å². The van der Waals surface area contributed by atoms with Gasteiger partial charge in [0.05, 0.1) is 8.07 Å². The molecule has 0 aliphatic rings.